The number of thioether (sulfide) groups is 1. The second-order valence-corrected chi connectivity index (χ2v) is 8.34. The number of benzene rings is 2. The van der Waals surface area contributed by atoms with Crippen LogP contribution in [0.1, 0.15) is 12.5 Å². The number of ether oxygens (including phenoxy) is 2. The van der Waals surface area contributed by atoms with Crippen molar-refractivity contribution in [1.29, 1.82) is 0 Å². The van der Waals surface area contributed by atoms with E-state index in [2.05, 4.69) is 6.58 Å². The summed E-state index contributed by atoms with van der Waals surface area (Å²) >= 11 is 6.77. The molecule has 0 aromatic heterocycles. The van der Waals surface area contributed by atoms with Crippen LogP contribution in [0.5, 0.6) is 11.5 Å². The Hall–Kier alpha value is -2.77. The highest BCUT2D eigenvalue weighted by Gasteiger charge is 2.33. The van der Waals surface area contributed by atoms with E-state index in [1.165, 1.54) is 11.8 Å². The average molecular weight is 441 g/mol. The van der Waals surface area contributed by atoms with Gasteiger partial charge in [0, 0.05) is 19.8 Å². The zero-order chi connectivity index (χ0) is 21.7. The van der Waals surface area contributed by atoms with Gasteiger partial charge < -0.3 is 14.4 Å². The molecule has 1 fully saturated rings. The maximum absolute atomic E-state index is 13.0. The molecule has 0 spiro atoms. The van der Waals surface area contributed by atoms with E-state index in [0.717, 1.165) is 16.9 Å². The predicted octanol–water partition coefficient (Wildman–Crippen LogP) is 5.12. The maximum Gasteiger partial charge on any atom is 0.270 e. The second-order valence-electron chi connectivity index (χ2n) is 6.67. The highest BCUT2D eigenvalue weighted by atomic mass is 32.2. The number of nitrogens with zero attached hydrogens (tertiary/aromatic N) is 2. The summed E-state index contributed by atoms with van der Waals surface area (Å²) in [6, 6.07) is 13.3. The lowest BCUT2D eigenvalue weighted by molar-refractivity contribution is -0.113. The Morgan fingerprint density at radius 2 is 1.87 bits per heavy atom. The van der Waals surface area contributed by atoms with Gasteiger partial charge in [-0.1, -0.05) is 42.7 Å². The van der Waals surface area contributed by atoms with Gasteiger partial charge in [0.05, 0.1) is 17.2 Å². The number of hydrogen-bond donors (Lipinski definition) is 0. The third kappa shape index (κ3) is 4.86. The van der Waals surface area contributed by atoms with Crippen LogP contribution in [0.25, 0.3) is 6.08 Å². The molecule has 0 atom stereocenters. The summed E-state index contributed by atoms with van der Waals surface area (Å²) in [6.45, 7) is 6.48. The first-order chi connectivity index (χ1) is 14.4. The molecule has 0 aliphatic carbocycles. The van der Waals surface area contributed by atoms with Gasteiger partial charge in [-0.25, -0.2) is 0 Å². The summed E-state index contributed by atoms with van der Waals surface area (Å²) < 4.78 is 11.8. The molecule has 1 amide bonds. The van der Waals surface area contributed by atoms with Crippen LogP contribution >= 0.6 is 24.0 Å². The number of thiocarbonyl (C=S) groups is 1. The summed E-state index contributed by atoms with van der Waals surface area (Å²) in [4.78, 5) is 17.2. The Bertz CT molecular complexity index is 984. The van der Waals surface area contributed by atoms with Crippen LogP contribution in [0.2, 0.25) is 0 Å². The molecule has 0 radical (unpaired) electrons. The van der Waals surface area contributed by atoms with Gasteiger partial charge in [-0.3, -0.25) is 9.69 Å². The lowest BCUT2D eigenvalue weighted by atomic mass is 10.1. The number of anilines is 2. The van der Waals surface area contributed by atoms with Crippen LogP contribution in [-0.2, 0) is 4.79 Å². The highest BCUT2D eigenvalue weighted by Crippen LogP contribution is 2.37. The molecule has 0 bridgehead atoms. The lowest BCUT2D eigenvalue weighted by Crippen LogP contribution is -2.27. The molecule has 1 heterocycles. The summed E-state index contributed by atoms with van der Waals surface area (Å²) in [7, 11) is 3.95. The van der Waals surface area contributed by atoms with Gasteiger partial charge in [0.15, 0.2) is 15.8 Å². The van der Waals surface area contributed by atoms with Gasteiger partial charge in [-0.05, 0) is 55.0 Å². The maximum atomic E-state index is 13.0. The van der Waals surface area contributed by atoms with E-state index in [1.807, 2.05) is 74.5 Å². The van der Waals surface area contributed by atoms with Gasteiger partial charge in [0.1, 0.15) is 6.61 Å². The van der Waals surface area contributed by atoms with Gasteiger partial charge in [-0.2, -0.15) is 0 Å². The molecule has 7 heteroatoms. The van der Waals surface area contributed by atoms with Gasteiger partial charge in [0.2, 0.25) is 0 Å². The molecule has 1 saturated heterocycles. The number of hydrogen-bond acceptors (Lipinski definition) is 6. The van der Waals surface area contributed by atoms with Crippen molar-refractivity contribution < 1.29 is 14.3 Å². The Balaban J connectivity index is 1.85. The SMILES string of the molecule is C=CCOc1ccc(/C=C2/SC(=S)N(c3ccc(N(C)C)cc3)C2=O)cc1OCC. The van der Waals surface area contributed by atoms with Crippen molar-refractivity contribution in [3.63, 3.8) is 0 Å². The molecule has 1 aliphatic heterocycles. The molecule has 30 heavy (non-hydrogen) atoms. The zero-order valence-electron chi connectivity index (χ0n) is 17.3. The molecule has 0 unspecified atom stereocenters. The molecule has 0 N–H and O–H groups in total. The summed E-state index contributed by atoms with van der Waals surface area (Å²) in [5.74, 6) is 1.14. The van der Waals surface area contributed by atoms with Crippen LogP contribution in [0.4, 0.5) is 11.4 Å². The fourth-order valence-corrected chi connectivity index (χ4v) is 4.19. The molecule has 0 saturated carbocycles. The summed E-state index contributed by atoms with van der Waals surface area (Å²) in [5, 5.41) is 0. The molecule has 156 valence electrons. The van der Waals surface area contributed by atoms with Crippen molar-refractivity contribution in [3.8, 4) is 11.5 Å². The zero-order valence-corrected chi connectivity index (χ0v) is 18.9. The predicted molar refractivity (Wildman–Crippen MR) is 130 cm³/mol. The Morgan fingerprint density at radius 1 is 1.13 bits per heavy atom. The van der Waals surface area contributed by atoms with Crippen LogP contribution in [-0.4, -0.2) is 37.5 Å². The fourth-order valence-electron chi connectivity index (χ4n) is 2.89. The average Bonchev–Trinajstić information content (AvgIpc) is 3.00. The van der Waals surface area contributed by atoms with Gasteiger partial charge in [-0.15, -0.1) is 0 Å². The molecular formula is C23H24N2O3S2. The van der Waals surface area contributed by atoms with Crippen LogP contribution < -0.4 is 19.3 Å². The summed E-state index contributed by atoms with van der Waals surface area (Å²) in [6.07, 6.45) is 3.51. The minimum Gasteiger partial charge on any atom is -0.490 e. The third-order valence-corrected chi connectivity index (χ3v) is 5.64. The summed E-state index contributed by atoms with van der Waals surface area (Å²) in [5.41, 5.74) is 2.66. The van der Waals surface area contributed by atoms with Crippen LogP contribution in [0.15, 0.2) is 60.0 Å². The van der Waals surface area contributed by atoms with Crippen LogP contribution in [0, 0.1) is 0 Å². The lowest BCUT2D eigenvalue weighted by Gasteiger charge is -2.17. The topological polar surface area (TPSA) is 42.0 Å². The van der Waals surface area contributed by atoms with Crippen molar-refractivity contribution in [2.75, 3.05) is 37.1 Å². The highest BCUT2D eigenvalue weighted by molar-refractivity contribution is 8.27. The van der Waals surface area contributed by atoms with E-state index >= 15 is 0 Å². The molecule has 5 nitrogen and oxygen atoms in total. The molecule has 2 aromatic rings. The number of carbonyl (C=O) groups excluding carboxylic acids is 1. The smallest absolute Gasteiger partial charge is 0.270 e. The largest absolute Gasteiger partial charge is 0.490 e. The fraction of sp³-hybridized carbons (Fsp3) is 0.217. The Morgan fingerprint density at radius 3 is 2.50 bits per heavy atom. The molecule has 1 aliphatic rings. The third-order valence-electron chi connectivity index (χ3n) is 4.34. The van der Waals surface area contributed by atoms with Gasteiger partial charge in [0.25, 0.3) is 5.91 Å². The minimum absolute atomic E-state index is 0.132. The number of carbonyl (C=O) groups is 1. The second kappa shape index (κ2) is 9.82. The molecular weight excluding hydrogens is 416 g/mol. The van der Waals surface area contributed by atoms with Crippen molar-refractivity contribution in [2.45, 2.75) is 6.92 Å². The number of rotatable bonds is 8. The van der Waals surface area contributed by atoms with Crippen LogP contribution in [0.3, 0.4) is 0 Å². The van der Waals surface area contributed by atoms with E-state index in [9.17, 15) is 4.79 Å². The van der Waals surface area contributed by atoms with E-state index in [1.54, 1.807) is 11.0 Å². The minimum atomic E-state index is -0.132. The normalized spacial score (nSPS) is 14.9. The quantitative estimate of drug-likeness (QED) is 0.322. The monoisotopic (exact) mass is 440 g/mol. The van der Waals surface area contributed by atoms with E-state index in [-0.39, 0.29) is 5.91 Å². The van der Waals surface area contributed by atoms with Crippen molar-refractivity contribution in [1.82, 2.24) is 0 Å². The van der Waals surface area contributed by atoms with Crippen molar-refractivity contribution >= 4 is 51.7 Å². The molecule has 3 rings (SSSR count). The van der Waals surface area contributed by atoms with E-state index in [0.29, 0.717) is 33.9 Å². The first-order valence-electron chi connectivity index (χ1n) is 9.50. The van der Waals surface area contributed by atoms with Crippen molar-refractivity contribution in [3.05, 3.63) is 65.6 Å². The Labute approximate surface area is 187 Å². The molecule has 2 aromatic carbocycles. The van der Waals surface area contributed by atoms with Gasteiger partial charge >= 0.3 is 0 Å². The Kier molecular flexibility index (Phi) is 7.18. The number of amides is 1. The van der Waals surface area contributed by atoms with E-state index in [4.69, 9.17) is 21.7 Å². The first-order valence-corrected chi connectivity index (χ1v) is 10.7. The first kappa shape index (κ1) is 21.9. The standard InChI is InChI=1S/C23H24N2O3S2/c1-5-13-28-19-12-7-16(14-20(19)27-6-2)15-21-22(26)25(23(29)30-21)18-10-8-17(9-11-18)24(3)4/h5,7-12,14-15H,1,6,13H2,2-4H3/b21-15+. The van der Waals surface area contributed by atoms with Crippen molar-refractivity contribution in [2.24, 2.45) is 0 Å². The van der Waals surface area contributed by atoms with E-state index < -0.39 is 0 Å².